The van der Waals surface area contributed by atoms with Gasteiger partial charge < -0.3 is 20.1 Å². The van der Waals surface area contributed by atoms with E-state index in [1.165, 1.54) is 11.3 Å². The number of hydrogen-bond donors (Lipinski definition) is 1. The standard InChI is InChI=1S/C17H19N3O3S/c18-9-12-2-1-5-20(12)17(21)13-10-24-16(19-13)11-3-4-14-15(8-11)23-7-6-22-14/h3-4,8,10,12H,1-2,5-7,9,18H2. The van der Waals surface area contributed by atoms with Crippen molar-refractivity contribution in [2.45, 2.75) is 18.9 Å². The summed E-state index contributed by atoms with van der Waals surface area (Å²) in [5.41, 5.74) is 7.19. The van der Waals surface area contributed by atoms with Crippen LogP contribution in [-0.4, -0.2) is 48.1 Å². The summed E-state index contributed by atoms with van der Waals surface area (Å²) in [6, 6.07) is 5.88. The molecule has 2 N–H and O–H groups in total. The molecule has 24 heavy (non-hydrogen) atoms. The van der Waals surface area contributed by atoms with Crippen LogP contribution in [0.2, 0.25) is 0 Å². The van der Waals surface area contributed by atoms with Crippen molar-refractivity contribution in [2.24, 2.45) is 5.73 Å². The largest absolute Gasteiger partial charge is 0.486 e. The van der Waals surface area contributed by atoms with Gasteiger partial charge >= 0.3 is 0 Å². The molecule has 3 heterocycles. The highest BCUT2D eigenvalue weighted by atomic mass is 32.1. The molecule has 2 aliphatic rings. The van der Waals surface area contributed by atoms with Crippen molar-refractivity contribution < 1.29 is 14.3 Å². The van der Waals surface area contributed by atoms with Gasteiger partial charge in [0.1, 0.15) is 23.9 Å². The molecule has 2 aromatic rings. The van der Waals surface area contributed by atoms with Gasteiger partial charge in [-0.15, -0.1) is 11.3 Å². The Kier molecular flexibility index (Phi) is 4.12. The van der Waals surface area contributed by atoms with Crippen LogP contribution in [0.15, 0.2) is 23.6 Å². The molecule has 0 bridgehead atoms. The zero-order chi connectivity index (χ0) is 16.5. The van der Waals surface area contributed by atoms with Crippen LogP contribution in [0.25, 0.3) is 10.6 Å². The van der Waals surface area contributed by atoms with Crippen LogP contribution in [0, 0.1) is 0 Å². The first-order chi connectivity index (χ1) is 11.8. The number of rotatable bonds is 3. The predicted octanol–water partition coefficient (Wildman–Crippen LogP) is 2.14. The summed E-state index contributed by atoms with van der Waals surface area (Å²) in [6.45, 7) is 2.39. The summed E-state index contributed by atoms with van der Waals surface area (Å²) in [6.07, 6.45) is 1.98. The zero-order valence-electron chi connectivity index (χ0n) is 13.2. The Morgan fingerprint density at radius 1 is 1.33 bits per heavy atom. The van der Waals surface area contributed by atoms with Crippen molar-refractivity contribution in [3.8, 4) is 22.1 Å². The minimum absolute atomic E-state index is 0.0250. The fourth-order valence-corrected chi connectivity index (χ4v) is 3.97. The van der Waals surface area contributed by atoms with Crippen LogP contribution < -0.4 is 15.2 Å². The molecule has 4 rings (SSSR count). The monoisotopic (exact) mass is 345 g/mol. The maximum Gasteiger partial charge on any atom is 0.273 e. The molecule has 0 spiro atoms. The van der Waals surface area contributed by atoms with E-state index < -0.39 is 0 Å². The third-order valence-electron chi connectivity index (χ3n) is 4.42. The summed E-state index contributed by atoms with van der Waals surface area (Å²) in [4.78, 5) is 19.0. The molecule has 1 aromatic carbocycles. The molecule has 0 aliphatic carbocycles. The summed E-state index contributed by atoms with van der Waals surface area (Å²) in [5.74, 6) is 1.45. The molecular formula is C17H19N3O3S. The van der Waals surface area contributed by atoms with E-state index in [2.05, 4.69) is 4.98 Å². The van der Waals surface area contributed by atoms with Crippen molar-refractivity contribution in [3.05, 3.63) is 29.3 Å². The second kappa shape index (κ2) is 6.41. The number of likely N-dealkylation sites (tertiary alicyclic amines) is 1. The molecule has 1 fully saturated rings. The van der Waals surface area contributed by atoms with Gasteiger partial charge in [0.15, 0.2) is 11.5 Å². The molecule has 6 nitrogen and oxygen atoms in total. The smallest absolute Gasteiger partial charge is 0.273 e. The van der Waals surface area contributed by atoms with Crippen LogP contribution in [0.5, 0.6) is 11.5 Å². The number of nitrogens with zero attached hydrogens (tertiary/aromatic N) is 2. The summed E-state index contributed by atoms with van der Waals surface area (Å²) in [7, 11) is 0. The zero-order valence-corrected chi connectivity index (χ0v) is 14.1. The van der Waals surface area contributed by atoms with Crippen LogP contribution in [0.3, 0.4) is 0 Å². The lowest BCUT2D eigenvalue weighted by Crippen LogP contribution is -2.40. The van der Waals surface area contributed by atoms with Gasteiger partial charge in [0, 0.05) is 30.1 Å². The number of aromatic nitrogens is 1. The minimum atomic E-state index is -0.0250. The first-order valence-electron chi connectivity index (χ1n) is 8.13. The molecular weight excluding hydrogens is 326 g/mol. The first kappa shape index (κ1) is 15.4. The lowest BCUT2D eigenvalue weighted by atomic mass is 10.2. The Labute approximate surface area is 144 Å². The highest BCUT2D eigenvalue weighted by Gasteiger charge is 2.29. The fourth-order valence-electron chi connectivity index (χ4n) is 3.18. The number of hydrogen-bond acceptors (Lipinski definition) is 6. The van der Waals surface area contributed by atoms with Gasteiger partial charge in [-0.25, -0.2) is 4.98 Å². The van der Waals surface area contributed by atoms with E-state index in [1.807, 2.05) is 28.5 Å². The van der Waals surface area contributed by atoms with Gasteiger partial charge in [-0.3, -0.25) is 4.79 Å². The Morgan fingerprint density at radius 2 is 2.17 bits per heavy atom. The van der Waals surface area contributed by atoms with Crippen LogP contribution in [-0.2, 0) is 0 Å². The molecule has 1 aromatic heterocycles. The topological polar surface area (TPSA) is 77.7 Å². The van der Waals surface area contributed by atoms with E-state index in [0.29, 0.717) is 25.5 Å². The summed E-state index contributed by atoms with van der Waals surface area (Å²) in [5, 5.41) is 2.62. The Balaban J connectivity index is 1.57. The minimum Gasteiger partial charge on any atom is -0.486 e. The van der Waals surface area contributed by atoms with Crippen molar-refractivity contribution in [1.29, 1.82) is 0 Å². The second-order valence-electron chi connectivity index (χ2n) is 5.93. The van der Waals surface area contributed by atoms with Crippen molar-refractivity contribution in [2.75, 3.05) is 26.3 Å². The Morgan fingerprint density at radius 3 is 3.00 bits per heavy atom. The van der Waals surface area contributed by atoms with E-state index in [4.69, 9.17) is 15.2 Å². The van der Waals surface area contributed by atoms with Gasteiger partial charge in [-0.05, 0) is 31.0 Å². The number of amides is 1. The number of thiazole rings is 1. The molecule has 1 saturated heterocycles. The maximum atomic E-state index is 12.7. The third kappa shape index (κ3) is 2.74. The normalized spacial score (nSPS) is 19.5. The SMILES string of the molecule is NCC1CCCN1C(=O)c1csc(-c2ccc3c(c2)OCCO3)n1. The number of carbonyl (C=O) groups excluding carboxylic acids is 1. The molecule has 0 saturated carbocycles. The molecule has 126 valence electrons. The quantitative estimate of drug-likeness (QED) is 0.922. The number of ether oxygens (including phenoxy) is 2. The summed E-state index contributed by atoms with van der Waals surface area (Å²) >= 11 is 1.46. The van der Waals surface area contributed by atoms with E-state index in [-0.39, 0.29) is 11.9 Å². The van der Waals surface area contributed by atoms with Gasteiger partial charge in [0.25, 0.3) is 5.91 Å². The van der Waals surface area contributed by atoms with Gasteiger partial charge in [0.2, 0.25) is 0 Å². The molecule has 1 amide bonds. The lowest BCUT2D eigenvalue weighted by molar-refractivity contribution is 0.0736. The van der Waals surface area contributed by atoms with Crippen molar-refractivity contribution in [1.82, 2.24) is 9.88 Å². The third-order valence-corrected chi connectivity index (χ3v) is 5.31. The van der Waals surface area contributed by atoms with Gasteiger partial charge in [0.05, 0.1) is 0 Å². The molecule has 1 atom stereocenters. The highest BCUT2D eigenvalue weighted by Crippen LogP contribution is 2.35. The van der Waals surface area contributed by atoms with E-state index >= 15 is 0 Å². The average Bonchev–Trinajstić information content (AvgIpc) is 3.30. The van der Waals surface area contributed by atoms with E-state index in [9.17, 15) is 4.79 Å². The van der Waals surface area contributed by atoms with Crippen LogP contribution in [0.4, 0.5) is 0 Å². The van der Waals surface area contributed by atoms with Crippen molar-refractivity contribution in [3.63, 3.8) is 0 Å². The second-order valence-corrected chi connectivity index (χ2v) is 6.78. The van der Waals surface area contributed by atoms with Gasteiger partial charge in [-0.1, -0.05) is 0 Å². The highest BCUT2D eigenvalue weighted by molar-refractivity contribution is 7.13. The fraction of sp³-hybridized carbons (Fsp3) is 0.412. The Bertz CT molecular complexity index is 761. The van der Waals surface area contributed by atoms with E-state index in [1.54, 1.807) is 0 Å². The summed E-state index contributed by atoms with van der Waals surface area (Å²) < 4.78 is 11.1. The van der Waals surface area contributed by atoms with E-state index in [0.717, 1.165) is 41.5 Å². The number of benzene rings is 1. The first-order valence-corrected chi connectivity index (χ1v) is 9.01. The number of fused-ring (bicyclic) bond motifs is 1. The lowest BCUT2D eigenvalue weighted by Gasteiger charge is -2.22. The molecule has 2 aliphatic heterocycles. The molecule has 1 unspecified atom stereocenters. The number of nitrogens with two attached hydrogens (primary N) is 1. The van der Waals surface area contributed by atoms with Gasteiger partial charge in [-0.2, -0.15) is 0 Å². The van der Waals surface area contributed by atoms with Crippen molar-refractivity contribution >= 4 is 17.2 Å². The predicted molar refractivity (Wildman–Crippen MR) is 91.7 cm³/mol. The molecule has 7 heteroatoms. The maximum absolute atomic E-state index is 12.7. The Hall–Kier alpha value is -2.12. The molecule has 0 radical (unpaired) electrons. The number of carbonyl (C=O) groups is 1. The van der Waals surface area contributed by atoms with Crippen LogP contribution >= 0.6 is 11.3 Å². The average molecular weight is 345 g/mol. The van der Waals surface area contributed by atoms with Crippen LogP contribution in [0.1, 0.15) is 23.3 Å².